The Balaban J connectivity index is 2.92. The number of carbonyl (C=O) groups excluding carboxylic acids is 1. The Labute approximate surface area is 144 Å². The smallest absolute Gasteiger partial charge is 0.299 e. The van der Waals surface area contributed by atoms with Crippen LogP contribution >= 0.6 is 10.3 Å². The summed E-state index contributed by atoms with van der Waals surface area (Å²) < 4.78 is 65.9. The van der Waals surface area contributed by atoms with Crippen molar-refractivity contribution in [2.45, 2.75) is 75.5 Å². The van der Waals surface area contributed by atoms with Crippen LogP contribution in [0.3, 0.4) is 0 Å². The van der Waals surface area contributed by atoms with Crippen LogP contribution in [-0.4, -0.2) is 37.0 Å². The summed E-state index contributed by atoms with van der Waals surface area (Å²) in [5.74, 6) is -0.416. The van der Waals surface area contributed by atoms with E-state index in [1.54, 1.807) is 0 Å². The molecule has 9 heteroatoms. The van der Waals surface area contributed by atoms with Crippen molar-refractivity contribution in [3.63, 3.8) is 0 Å². The van der Waals surface area contributed by atoms with Crippen LogP contribution in [0.5, 0.6) is 0 Å². The van der Waals surface area contributed by atoms with Crippen LogP contribution in [0.2, 0.25) is 0 Å². The summed E-state index contributed by atoms with van der Waals surface area (Å²) in [6, 6.07) is 0. The molecule has 0 aromatic heterocycles. The van der Waals surface area contributed by atoms with E-state index in [0.717, 1.165) is 32.1 Å². The van der Waals surface area contributed by atoms with Gasteiger partial charge in [0.1, 0.15) is 5.78 Å². The molecule has 1 saturated carbocycles. The van der Waals surface area contributed by atoms with E-state index in [9.17, 15) is 26.4 Å². The summed E-state index contributed by atoms with van der Waals surface area (Å²) in [7, 11) is -8.37. The predicted octanol–water partition coefficient (Wildman–Crippen LogP) is 4.68. The lowest BCUT2D eigenvalue weighted by molar-refractivity contribution is -0.116. The van der Waals surface area contributed by atoms with Crippen LogP contribution < -0.4 is 0 Å². The molecule has 0 radical (unpaired) electrons. The maximum atomic E-state index is 12.7. The van der Waals surface area contributed by atoms with Gasteiger partial charge < -0.3 is 0 Å². The molecule has 1 fully saturated rings. The molecule has 0 saturated heterocycles. The van der Waals surface area contributed by atoms with E-state index in [2.05, 4.69) is 0 Å². The summed E-state index contributed by atoms with van der Waals surface area (Å²) in [4.78, 5) is 12.2. The molecule has 24 heavy (non-hydrogen) atoms. The summed E-state index contributed by atoms with van der Waals surface area (Å²) in [6.45, 7) is 1.99. The molecule has 144 valence electrons. The molecule has 0 spiro atoms. The molecule has 1 aliphatic rings. The molecule has 1 rings (SSSR count). The van der Waals surface area contributed by atoms with Crippen molar-refractivity contribution in [2.24, 2.45) is 0 Å². The van der Waals surface area contributed by atoms with Gasteiger partial charge in [0.05, 0.1) is 5.75 Å². The van der Waals surface area contributed by atoms with Crippen LogP contribution in [0.1, 0.15) is 64.7 Å². The highest BCUT2D eigenvalue weighted by molar-refractivity contribution is 8.33. The Kier molecular flexibility index (Phi) is 8.06. The van der Waals surface area contributed by atoms with Crippen LogP contribution in [-0.2, 0) is 18.5 Å². The molecule has 1 unspecified atom stereocenters. The minimum atomic E-state index is -5.69. The van der Waals surface area contributed by atoms with Gasteiger partial charge in [0.25, 0.3) is 0 Å². The van der Waals surface area contributed by atoms with E-state index in [-0.39, 0.29) is 23.2 Å². The monoisotopic (exact) mass is 392 g/mol. The number of rotatable bonds is 9. The predicted molar refractivity (Wildman–Crippen MR) is 90.5 cm³/mol. The Bertz CT molecular complexity index is 513. The molecule has 4 nitrogen and oxygen atoms in total. The number of hydrogen-bond acceptors (Lipinski definition) is 4. The second-order valence-electron chi connectivity index (χ2n) is 6.44. The molecule has 0 aliphatic heterocycles. The Morgan fingerprint density at radius 2 is 1.71 bits per heavy atom. The largest absolute Gasteiger partial charge is 0.523 e. The molecule has 0 amide bonds. The summed E-state index contributed by atoms with van der Waals surface area (Å²) in [5.41, 5.74) is -5.46. The first kappa shape index (κ1) is 21.8. The quantitative estimate of drug-likeness (QED) is 0.422. The van der Waals surface area contributed by atoms with Crippen molar-refractivity contribution in [3.05, 3.63) is 0 Å². The molecular formula is C15H27F3O4S2. The molecular weight excluding hydrogens is 365 g/mol. The lowest BCUT2D eigenvalue weighted by atomic mass is 10.0. The number of unbranched alkanes of at least 4 members (excludes halogenated alkanes) is 2. The van der Waals surface area contributed by atoms with Gasteiger partial charge in [0, 0.05) is 11.7 Å². The summed E-state index contributed by atoms with van der Waals surface area (Å²) in [5, 5.41) is -0.279. The highest BCUT2D eigenvalue weighted by atomic mass is 32.3. The SMILES string of the molecule is CCCCCC(=O)CS(C)(OS(=O)(=O)C(F)(F)F)C1CCCCC1. The summed E-state index contributed by atoms with van der Waals surface area (Å²) in [6.07, 6.45) is 8.00. The van der Waals surface area contributed by atoms with Gasteiger partial charge in [-0.2, -0.15) is 21.6 Å². The first-order valence-corrected chi connectivity index (χ1v) is 11.9. The van der Waals surface area contributed by atoms with Gasteiger partial charge >= 0.3 is 15.6 Å². The zero-order valence-electron chi connectivity index (χ0n) is 14.2. The number of halogens is 3. The third-order valence-electron chi connectivity index (χ3n) is 4.29. The normalized spacial score (nSPS) is 21.2. The van der Waals surface area contributed by atoms with Gasteiger partial charge in [0.15, 0.2) is 0 Å². The Morgan fingerprint density at radius 1 is 1.12 bits per heavy atom. The highest BCUT2D eigenvalue weighted by Gasteiger charge is 2.51. The van der Waals surface area contributed by atoms with E-state index >= 15 is 0 Å². The molecule has 0 aromatic carbocycles. The van der Waals surface area contributed by atoms with E-state index < -0.39 is 25.9 Å². The molecule has 0 bridgehead atoms. The first-order valence-electron chi connectivity index (χ1n) is 8.31. The summed E-state index contributed by atoms with van der Waals surface area (Å²) >= 11 is 0. The average molecular weight is 393 g/mol. The highest BCUT2D eigenvalue weighted by Crippen LogP contribution is 2.57. The van der Waals surface area contributed by atoms with Crippen LogP contribution in [0.4, 0.5) is 13.2 Å². The molecule has 1 aliphatic carbocycles. The van der Waals surface area contributed by atoms with Crippen molar-refractivity contribution in [1.82, 2.24) is 0 Å². The fourth-order valence-electron chi connectivity index (χ4n) is 2.97. The second-order valence-corrected chi connectivity index (χ2v) is 11.5. The van der Waals surface area contributed by atoms with Gasteiger partial charge in [-0.05, 0) is 25.5 Å². The zero-order chi connectivity index (χ0) is 18.4. The maximum absolute atomic E-state index is 12.7. The van der Waals surface area contributed by atoms with Crippen LogP contribution in [0, 0.1) is 0 Å². The van der Waals surface area contributed by atoms with Gasteiger partial charge in [-0.25, -0.2) is 3.63 Å². The van der Waals surface area contributed by atoms with Crippen LogP contribution in [0.25, 0.3) is 0 Å². The van der Waals surface area contributed by atoms with E-state index in [4.69, 9.17) is 3.63 Å². The minimum Gasteiger partial charge on any atom is -0.299 e. The van der Waals surface area contributed by atoms with Gasteiger partial charge in [-0.1, -0.05) is 39.0 Å². The van der Waals surface area contributed by atoms with Crippen molar-refractivity contribution < 1.29 is 30.0 Å². The zero-order valence-corrected chi connectivity index (χ0v) is 15.9. The van der Waals surface area contributed by atoms with E-state index in [1.807, 2.05) is 6.92 Å². The molecule has 0 aromatic rings. The lowest BCUT2D eigenvalue weighted by Crippen LogP contribution is -2.34. The number of carbonyl (C=O) groups is 1. The third-order valence-corrected chi connectivity index (χ3v) is 9.60. The first-order chi connectivity index (χ1) is 11.0. The van der Waals surface area contributed by atoms with Crippen molar-refractivity contribution in [1.29, 1.82) is 0 Å². The third kappa shape index (κ3) is 6.22. The Morgan fingerprint density at radius 3 is 2.21 bits per heavy atom. The number of hydrogen-bond donors (Lipinski definition) is 0. The Hall–Kier alpha value is -0.280. The lowest BCUT2D eigenvalue weighted by Gasteiger charge is -2.43. The number of ketones is 1. The van der Waals surface area contributed by atoms with Crippen molar-refractivity contribution >= 4 is 26.2 Å². The minimum absolute atomic E-state index is 0.205. The number of Topliss-reactive ketones (excluding diaryl/α,β-unsaturated/α-hetero) is 1. The number of alkyl halides is 3. The standard InChI is InChI=1S/C15H27F3O4S2/c1-3-4-6-9-13(19)12-23(2,14-10-7-5-8-11-14)22-24(20,21)15(16,17)18/h14H,3-12H2,1-2H3. The molecule has 0 heterocycles. The van der Waals surface area contributed by atoms with Gasteiger partial charge in [-0.3, -0.25) is 4.79 Å². The van der Waals surface area contributed by atoms with E-state index in [0.29, 0.717) is 19.3 Å². The fraction of sp³-hybridized carbons (Fsp3) is 0.933. The fourth-order valence-corrected chi connectivity index (χ4v) is 7.90. The molecule has 0 N–H and O–H groups in total. The second kappa shape index (κ2) is 8.89. The van der Waals surface area contributed by atoms with Crippen molar-refractivity contribution in [2.75, 3.05) is 12.0 Å². The van der Waals surface area contributed by atoms with Gasteiger partial charge in [0.2, 0.25) is 0 Å². The van der Waals surface area contributed by atoms with Gasteiger partial charge in [-0.15, -0.1) is 10.3 Å². The van der Waals surface area contributed by atoms with Crippen molar-refractivity contribution in [3.8, 4) is 0 Å². The topological polar surface area (TPSA) is 60.4 Å². The van der Waals surface area contributed by atoms with Crippen LogP contribution in [0.15, 0.2) is 0 Å². The van der Waals surface area contributed by atoms with E-state index in [1.165, 1.54) is 6.26 Å². The maximum Gasteiger partial charge on any atom is 0.523 e. The average Bonchev–Trinajstić information content (AvgIpc) is 2.46. The molecule has 1 atom stereocenters.